The quantitative estimate of drug-likeness (QED) is 0.692. The van der Waals surface area contributed by atoms with Gasteiger partial charge in [-0.3, -0.25) is 0 Å². The summed E-state index contributed by atoms with van der Waals surface area (Å²) in [6.45, 7) is 4.37. The molecule has 1 rings (SSSR count). The van der Waals surface area contributed by atoms with E-state index in [2.05, 4.69) is 36.7 Å². The highest BCUT2D eigenvalue weighted by molar-refractivity contribution is 7.98. The molecule has 0 aliphatic carbocycles. The predicted molar refractivity (Wildman–Crippen MR) is 58.3 cm³/mol. The average molecular weight is 198 g/mol. The van der Waals surface area contributed by atoms with Crippen molar-refractivity contribution in [2.45, 2.75) is 38.3 Å². The minimum Gasteiger partial charge on any atom is -0.326 e. The fourth-order valence-electron chi connectivity index (χ4n) is 1.37. The van der Waals surface area contributed by atoms with Crippen LogP contribution in [0, 0.1) is 6.92 Å². The van der Waals surface area contributed by atoms with Crippen LogP contribution in [0.25, 0.3) is 0 Å². The molecule has 3 heteroatoms. The van der Waals surface area contributed by atoms with Gasteiger partial charge in [0.1, 0.15) is 0 Å². The zero-order valence-corrected chi connectivity index (χ0v) is 9.74. The molecule has 0 spiro atoms. The van der Waals surface area contributed by atoms with Crippen molar-refractivity contribution in [3.8, 4) is 0 Å². The van der Waals surface area contributed by atoms with E-state index < -0.39 is 0 Å². The smallest absolute Gasteiger partial charge is 0.167 e. The van der Waals surface area contributed by atoms with E-state index in [0.717, 1.165) is 11.6 Å². The van der Waals surface area contributed by atoms with Gasteiger partial charge in [-0.1, -0.05) is 25.1 Å². The van der Waals surface area contributed by atoms with Crippen LogP contribution in [0.3, 0.4) is 0 Å². The first kappa shape index (κ1) is 10.6. The number of unbranched alkanes of at least 4 members (excludes halogenated alkanes) is 1. The van der Waals surface area contributed by atoms with Crippen molar-refractivity contribution in [2.24, 2.45) is 7.05 Å². The molecular formula is C10H18N2S. The van der Waals surface area contributed by atoms with Crippen LogP contribution in [0.4, 0.5) is 0 Å². The summed E-state index contributed by atoms with van der Waals surface area (Å²) in [5, 5.41) is 1.13. The number of aromatic nitrogens is 2. The normalized spacial score (nSPS) is 10.8. The molecule has 1 aromatic heterocycles. The lowest BCUT2D eigenvalue weighted by atomic mass is 10.2. The third-order valence-corrected chi connectivity index (χ3v) is 3.12. The van der Waals surface area contributed by atoms with Crippen LogP contribution in [-0.2, 0) is 13.5 Å². The number of hydrogen-bond acceptors (Lipinski definition) is 2. The van der Waals surface area contributed by atoms with Crippen LogP contribution >= 0.6 is 11.8 Å². The van der Waals surface area contributed by atoms with E-state index in [1.165, 1.54) is 24.2 Å². The van der Waals surface area contributed by atoms with Crippen LogP contribution in [-0.4, -0.2) is 15.8 Å². The lowest BCUT2D eigenvalue weighted by molar-refractivity contribution is 0.766. The molecule has 0 N–H and O–H groups in total. The number of hydrogen-bond donors (Lipinski definition) is 0. The van der Waals surface area contributed by atoms with E-state index in [1.54, 1.807) is 11.8 Å². The molecule has 0 saturated heterocycles. The molecule has 1 aromatic rings. The summed E-state index contributed by atoms with van der Waals surface area (Å²) < 4.78 is 2.18. The summed E-state index contributed by atoms with van der Waals surface area (Å²) in [5.41, 5.74) is 2.59. The highest BCUT2D eigenvalue weighted by atomic mass is 32.2. The van der Waals surface area contributed by atoms with Gasteiger partial charge >= 0.3 is 0 Å². The van der Waals surface area contributed by atoms with Crippen LogP contribution in [0.1, 0.15) is 31.2 Å². The van der Waals surface area contributed by atoms with Gasteiger partial charge in [0.15, 0.2) is 5.16 Å². The summed E-state index contributed by atoms with van der Waals surface area (Å²) >= 11 is 1.72. The lowest BCUT2D eigenvalue weighted by Gasteiger charge is -1.99. The number of imidazole rings is 1. The second kappa shape index (κ2) is 4.70. The third-order valence-electron chi connectivity index (χ3n) is 2.39. The molecule has 0 atom stereocenters. The first-order valence-corrected chi connectivity index (χ1v) is 5.99. The second-order valence-corrected chi connectivity index (χ2v) is 4.07. The van der Waals surface area contributed by atoms with Gasteiger partial charge in [0.2, 0.25) is 0 Å². The van der Waals surface area contributed by atoms with E-state index in [-0.39, 0.29) is 0 Å². The third kappa shape index (κ3) is 2.27. The maximum Gasteiger partial charge on any atom is 0.167 e. The summed E-state index contributed by atoms with van der Waals surface area (Å²) in [6.07, 6.45) is 5.68. The lowest BCUT2D eigenvalue weighted by Crippen LogP contribution is -1.93. The first-order chi connectivity index (χ1) is 6.20. The standard InChI is InChI=1S/C10H18N2S/c1-5-6-7-9-8(2)12(3)10(11-9)13-4/h5-7H2,1-4H3. The molecule has 1 heterocycles. The van der Waals surface area contributed by atoms with Gasteiger partial charge in [-0.15, -0.1) is 0 Å². The molecule has 0 aromatic carbocycles. The van der Waals surface area contributed by atoms with E-state index in [4.69, 9.17) is 0 Å². The molecule has 0 unspecified atom stereocenters. The van der Waals surface area contributed by atoms with E-state index >= 15 is 0 Å². The average Bonchev–Trinajstić information content (AvgIpc) is 2.41. The van der Waals surface area contributed by atoms with Gasteiger partial charge in [-0.2, -0.15) is 0 Å². The Morgan fingerprint density at radius 3 is 2.62 bits per heavy atom. The van der Waals surface area contributed by atoms with Gasteiger partial charge in [-0.05, 0) is 26.0 Å². The minimum absolute atomic E-state index is 1.12. The largest absolute Gasteiger partial charge is 0.326 e. The van der Waals surface area contributed by atoms with Crippen LogP contribution in [0.2, 0.25) is 0 Å². The van der Waals surface area contributed by atoms with Crippen molar-refractivity contribution >= 4 is 11.8 Å². The first-order valence-electron chi connectivity index (χ1n) is 4.76. The van der Waals surface area contributed by atoms with Crippen molar-refractivity contribution in [1.29, 1.82) is 0 Å². The molecule has 0 bridgehead atoms. The highest BCUT2D eigenvalue weighted by Crippen LogP contribution is 2.18. The molecule has 0 aliphatic heterocycles. The van der Waals surface area contributed by atoms with Gasteiger partial charge in [-0.25, -0.2) is 4.98 Å². The maximum absolute atomic E-state index is 4.59. The minimum atomic E-state index is 1.12. The molecule has 2 nitrogen and oxygen atoms in total. The van der Waals surface area contributed by atoms with Gasteiger partial charge < -0.3 is 4.57 Å². The maximum atomic E-state index is 4.59. The Labute approximate surface area is 84.7 Å². The Bertz CT molecular complexity index is 279. The summed E-state index contributed by atoms with van der Waals surface area (Å²) in [6, 6.07) is 0. The number of rotatable bonds is 4. The van der Waals surface area contributed by atoms with Crippen LogP contribution < -0.4 is 0 Å². The zero-order valence-electron chi connectivity index (χ0n) is 8.92. The summed E-state index contributed by atoms with van der Waals surface area (Å²) in [5.74, 6) is 0. The molecular weight excluding hydrogens is 180 g/mol. The summed E-state index contributed by atoms with van der Waals surface area (Å²) in [7, 11) is 2.09. The second-order valence-electron chi connectivity index (χ2n) is 3.29. The van der Waals surface area contributed by atoms with Crippen LogP contribution in [0.15, 0.2) is 5.16 Å². The molecule has 0 fully saturated rings. The fraction of sp³-hybridized carbons (Fsp3) is 0.700. The Balaban J connectivity index is 2.82. The molecule has 0 amide bonds. The molecule has 0 aliphatic rings. The Kier molecular flexibility index (Phi) is 3.85. The molecule has 13 heavy (non-hydrogen) atoms. The SMILES string of the molecule is CCCCc1nc(SC)n(C)c1C. The van der Waals surface area contributed by atoms with Gasteiger partial charge in [0, 0.05) is 12.7 Å². The van der Waals surface area contributed by atoms with Crippen LogP contribution in [0.5, 0.6) is 0 Å². The number of thioether (sulfide) groups is 1. The van der Waals surface area contributed by atoms with Crippen molar-refractivity contribution < 1.29 is 0 Å². The topological polar surface area (TPSA) is 17.8 Å². The Hall–Kier alpha value is -0.440. The monoisotopic (exact) mass is 198 g/mol. The Morgan fingerprint density at radius 2 is 2.15 bits per heavy atom. The summed E-state index contributed by atoms with van der Waals surface area (Å²) in [4.78, 5) is 4.59. The van der Waals surface area contributed by atoms with Crippen molar-refractivity contribution in [3.05, 3.63) is 11.4 Å². The predicted octanol–water partition coefficient (Wildman–Crippen LogP) is 2.79. The highest BCUT2D eigenvalue weighted by Gasteiger charge is 2.08. The molecule has 0 saturated carbocycles. The Morgan fingerprint density at radius 1 is 1.46 bits per heavy atom. The fourth-order valence-corrected chi connectivity index (χ4v) is 1.98. The van der Waals surface area contributed by atoms with Gasteiger partial charge in [0.25, 0.3) is 0 Å². The molecule has 0 radical (unpaired) electrons. The van der Waals surface area contributed by atoms with Gasteiger partial charge in [0.05, 0.1) is 5.69 Å². The number of nitrogens with zero attached hydrogens (tertiary/aromatic N) is 2. The van der Waals surface area contributed by atoms with Crippen molar-refractivity contribution in [1.82, 2.24) is 9.55 Å². The van der Waals surface area contributed by atoms with E-state index in [1.807, 2.05) is 0 Å². The molecule has 74 valence electrons. The van der Waals surface area contributed by atoms with Crippen molar-refractivity contribution in [3.63, 3.8) is 0 Å². The van der Waals surface area contributed by atoms with E-state index in [0.29, 0.717) is 0 Å². The number of aryl methyl sites for hydroxylation is 1. The zero-order chi connectivity index (χ0) is 9.84. The van der Waals surface area contributed by atoms with Crippen molar-refractivity contribution in [2.75, 3.05) is 6.26 Å². The van der Waals surface area contributed by atoms with E-state index in [9.17, 15) is 0 Å².